The molecule has 4 rings (SSSR count). The van der Waals surface area contributed by atoms with Crippen LogP contribution in [0.3, 0.4) is 0 Å². The number of anilines is 1. The molecule has 32 heavy (non-hydrogen) atoms. The molecule has 0 saturated carbocycles. The molecule has 1 aliphatic rings. The highest BCUT2D eigenvalue weighted by Gasteiger charge is 2.34. The lowest BCUT2D eigenvalue weighted by Crippen LogP contribution is -2.26. The zero-order valence-corrected chi connectivity index (χ0v) is 19.9. The molecule has 1 aromatic heterocycles. The van der Waals surface area contributed by atoms with Crippen LogP contribution in [0.15, 0.2) is 55.1 Å². The fourth-order valence-corrected chi connectivity index (χ4v) is 4.73. The van der Waals surface area contributed by atoms with E-state index in [-0.39, 0.29) is 12.1 Å². The van der Waals surface area contributed by atoms with E-state index < -0.39 is 0 Å². The van der Waals surface area contributed by atoms with Crippen molar-refractivity contribution in [1.29, 1.82) is 0 Å². The summed E-state index contributed by atoms with van der Waals surface area (Å²) in [5.74, 6) is 0.798. The lowest BCUT2D eigenvalue weighted by molar-refractivity contribution is 0.0684. The number of ether oxygens (including phenoxy) is 1. The molecule has 2 aromatic carbocycles. The standard InChI is InChI=1S/C26H27Cl2N3O/c1-4-13-32-23-14-16-9-7-8-10-18(16)25(23)31-26-22(6-3)29-24(21(5-2)30-26)19-12-11-17(27)15-20(19)28/h4,7-12,15,23,25H,1,5-6,13-14H2,2-3H3,(H,30,31)/t23-,25+/m0/s1. The first kappa shape index (κ1) is 22.8. The van der Waals surface area contributed by atoms with E-state index >= 15 is 0 Å². The van der Waals surface area contributed by atoms with Crippen LogP contribution in [0.5, 0.6) is 0 Å². The molecule has 0 fully saturated rings. The number of fused-ring (bicyclic) bond motifs is 1. The number of hydrogen-bond donors (Lipinski definition) is 1. The predicted octanol–water partition coefficient (Wildman–Crippen LogP) is 6.86. The maximum atomic E-state index is 6.50. The van der Waals surface area contributed by atoms with Crippen LogP contribution in [-0.2, 0) is 24.0 Å². The summed E-state index contributed by atoms with van der Waals surface area (Å²) in [6.07, 6.45) is 4.13. The van der Waals surface area contributed by atoms with E-state index in [0.29, 0.717) is 16.7 Å². The Morgan fingerprint density at radius 1 is 1.09 bits per heavy atom. The van der Waals surface area contributed by atoms with Gasteiger partial charge in [0.2, 0.25) is 0 Å². The number of aryl methyl sites for hydroxylation is 2. The molecule has 1 aliphatic carbocycles. The fraction of sp³-hybridized carbons (Fsp3) is 0.308. The third-order valence-corrected chi connectivity index (χ3v) is 6.35. The molecular weight excluding hydrogens is 441 g/mol. The van der Waals surface area contributed by atoms with Crippen molar-refractivity contribution in [2.75, 3.05) is 11.9 Å². The summed E-state index contributed by atoms with van der Waals surface area (Å²) >= 11 is 12.6. The summed E-state index contributed by atoms with van der Waals surface area (Å²) < 4.78 is 6.11. The van der Waals surface area contributed by atoms with Crippen LogP contribution in [0.1, 0.15) is 42.4 Å². The van der Waals surface area contributed by atoms with Gasteiger partial charge in [-0.2, -0.15) is 0 Å². The first-order valence-electron chi connectivity index (χ1n) is 11.0. The largest absolute Gasteiger partial charge is 0.371 e. The van der Waals surface area contributed by atoms with E-state index in [9.17, 15) is 0 Å². The Bertz CT molecular complexity index is 1130. The molecule has 2 atom stereocenters. The molecule has 3 aromatic rings. The normalized spacial score (nSPS) is 17.2. The highest BCUT2D eigenvalue weighted by Crippen LogP contribution is 2.37. The van der Waals surface area contributed by atoms with Crippen molar-refractivity contribution >= 4 is 29.0 Å². The van der Waals surface area contributed by atoms with Crippen LogP contribution in [0.4, 0.5) is 5.82 Å². The third kappa shape index (κ3) is 4.54. The molecule has 0 aliphatic heterocycles. The van der Waals surface area contributed by atoms with E-state index in [1.807, 2.05) is 12.1 Å². The number of halogens is 2. The predicted molar refractivity (Wildman–Crippen MR) is 133 cm³/mol. The Kier molecular flexibility index (Phi) is 7.14. The average molecular weight is 468 g/mol. The van der Waals surface area contributed by atoms with Gasteiger partial charge in [0.15, 0.2) is 0 Å². The molecule has 0 saturated heterocycles. The van der Waals surface area contributed by atoms with Crippen molar-refractivity contribution in [3.8, 4) is 11.3 Å². The summed E-state index contributed by atoms with van der Waals surface area (Å²) in [4.78, 5) is 10.0. The van der Waals surface area contributed by atoms with Crippen LogP contribution in [0, 0.1) is 0 Å². The Balaban J connectivity index is 1.74. The molecule has 0 spiro atoms. The molecular formula is C26H27Cl2N3O. The number of benzene rings is 2. The van der Waals surface area contributed by atoms with Gasteiger partial charge in [-0.05, 0) is 42.2 Å². The summed E-state index contributed by atoms with van der Waals surface area (Å²) in [6.45, 7) is 8.47. The Morgan fingerprint density at radius 2 is 1.88 bits per heavy atom. The average Bonchev–Trinajstić information content (AvgIpc) is 3.15. The van der Waals surface area contributed by atoms with Crippen LogP contribution >= 0.6 is 23.2 Å². The van der Waals surface area contributed by atoms with Gasteiger partial charge in [-0.15, -0.1) is 6.58 Å². The van der Waals surface area contributed by atoms with Crippen LogP contribution in [0.2, 0.25) is 10.0 Å². The van der Waals surface area contributed by atoms with Gasteiger partial charge in [0.25, 0.3) is 0 Å². The number of rotatable bonds is 8. The minimum absolute atomic E-state index is 0.000394. The molecule has 166 valence electrons. The minimum atomic E-state index is 0.000394. The maximum Gasteiger partial charge on any atom is 0.148 e. The second-order valence-corrected chi connectivity index (χ2v) is 8.67. The van der Waals surface area contributed by atoms with Gasteiger partial charge >= 0.3 is 0 Å². The van der Waals surface area contributed by atoms with Crippen molar-refractivity contribution in [2.24, 2.45) is 0 Å². The Labute approximate surface area is 199 Å². The first-order chi connectivity index (χ1) is 15.5. The molecule has 0 amide bonds. The van der Waals surface area contributed by atoms with Crippen molar-refractivity contribution in [2.45, 2.75) is 45.3 Å². The minimum Gasteiger partial charge on any atom is -0.371 e. The summed E-state index contributed by atoms with van der Waals surface area (Å²) in [6, 6.07) is 13.9. The van der Waals surface area contributed by atoms with E-state index in [0.717, 1.165) is 47.7 Å². The van der Waals surface area contributed by atoms with E-state index in [1.165, 1.54) is 11.1 Å². The molecule has 4 nitrogen and oxygen atoms in total. The molecule has 6 heteroatoms. The lowest BCUT2D eigenvalue weighted by atomic mass is 10.1. The van der Waals surface area contributed by atoms with Crippen LogP contribution in [0.25, 0.3) is 11.3 Å². The summed E-state index contributed by atoms with van der Waals surface area (Å²) in [5.41, 5.74) is 5.99. The van der Waals surface area contributed by atoms with Gasteiger partial charge in [0.05, 0.1) is 40.9 Å². The molecule has 1 heterocycles. The van der Waals surface area contributed by atoms with E-state index in [2.05, 4.69) is 50.0 Å². The summed E-state index contributed by atoms with van der Waals surface area (Å²) in [5, 5.41) is 4.84. The number of hydrogen-bond acceptors (Lipinski definition) is 4. The number of aromatic nitrogens is 2. The number of nitrogens with zero attached hydrogens (tertiary/aromatic N) is 2. The van der Waals surface area contributed by atoms with Crippen molar-refractivity contribution < 1.29 is 4.74 Å². The lowest BCUT2D eigenvalue weighted by Gasteiger charge is -2.24. The number of nitrogens with one attached hydrogen (secondary N) is 1. The highest BCUT2D eigenvalue weighted by atomic mass is 35.5. The first-order valence-corrected chi connectivity index (χ1v) is 11.7. The Hall–Kier alpha value is -2.40. The van der Waals surface area contributed by atoms with E-state index in [4.69, 9.17) is 37.9 Å². The van der Waals surface area contributed by atoms with Gasteiger partial charge < -0.3 is 10.1 Å². The molecule has 1 N–H and O–H groups in total. The quantitative estimate of drug-likeness (QED) is 0.367. The summed E-state index contributed by atoms with van der Waals surface area (Å²) in [7, 11) is 0. The third-order valence-electron chi connectivity index (χ3n) is 5.80. The van der Waals surface area contributed by atoms with E-state index in [1.54, 1.807) is 12.1 Å². The van der Waals surface area contributed by atoms with Crippen LogP contribution < -0.4 is 5.32 Å². The Morgan fingerprint density at radius 3 is 2.59 bits per heavy atom. The van der Waals surface area contributed by atoms with Crippen molar-refractivity contribution in [1.82, 2.24) is 9.97 Å². The molecule has 0 unspecified atom stereocenters. The SMILES string of the molecule is C=CCO[C@H]1Cc2ccccc2[C@H]1Nc1nc(CC)c(-c2ccc(Cl)cc2Cl)nc1CC. The van der Waals surface area contributed by atoms with Gasteiger partial charge in [0.1, 0.15) is 5.82 Å². The van der Waals surface area contributed by atoms with Gasteiger partial charge in [-0.25, -0.2) is 9.97 Å². The molecule has 0 bridgehead atoms. The zero-order chi connectivity index (χ0) is 22.7. The maximum absolute atomic E-state index is 6.50. The monoisotopic (exact) mass is 467 g/mol. The topological polar surface area (TPSA) is 47.0 Å². The van der Waals surface area contributed by atoms with Gasteiger partial charge in [0, 0.05) is 17.0 Å². The van der Waals surface area contributed by atoms with Gasteiger partial charge in [-0.1, -0.05) is 67.4 Å². The second-order valence-electron chi connectivity index (χ2n) is 7.83. The van der Waals surface area contributed by atoms with Crippen LogP contribution in [-0.4, -0.2) is 22.7 Å². The fourth-order valence-electron chi connectivity index (χ4n) is 4.23. The van der Waals surface area contributed by atoms with Gasteiger partial charge in [-0.3, -0.25) is 0 Å². The van der Waals surface area contributed by atoms with Crippen molar-refractivity contribution in [3.05, 3.63) is 87.7 Å². The second kappa shape index (κ2) is 10.0. The molecule has 0 radical (unpaired) electrons. The highest BCUT2D eigenvalue weighted by molar-refractivity contribution is 6.36. The van der Waals surface area contributed by atoms with Crippen molar-refractivity contribution in [3.63, 3.8) is 0 Å². The smallest absolute Gasteiger partial charge is 0.148 e. The zero-order valence-electron chi connectivity index (χ0n) is 18.4.